The van der Waals surface area contributed by atoms with Crippen molar-refractivity contribution in [2.45, 2.75) is 0 Å². The minimum atomic E-state index is -0.616. The maximum Gasteiger partial charge on any atom is 0.313 e. The van der Waals surface area contributed by atoms with Crippen LogP contribution in [0.5, 0.6) is 0 Å². The van der Waals surface area contributed by atoms with Crippen molar-refractivity contribution in [2.24, 2.45) is 0 Å². The number of nitrogens with one attached hydrogen (secondary N) is 2. The van der Waals surface area contributed by atoms with Crippen LogP contribution in [0.15, 0.2) is 27.1 Å². The summed E-state index contributed by atoms with van der Waals surface area (Å²) in [6, 6.07) is 5.44. The topological polar surface area (TPSA) is 61.4 Å². The Hall–Kier alpha value is -0.920. The normalized spacial score (nSPS) is 15.2. The first-order valence-electron chi connectivity index (χ1n) is 5.84. The minimum Gasteiger partial charge on any atom is -0.332 e. The molecule has 1 aliphatic rings. The molecule has 0 radical (unpaired) electrons. The van der Waals surface area contributed by atoms with Crippen molar-refractivity contribution in [3.05, 3.63) is 27.1 Å². The Labute approximate surface area is 128 Å². The third-order valence-electron chi connectivity index (χ3n) is 2.80. The molecular weight excluding hydrogens is 378 g/mol. The molecule has 0 atom stereocenters. The van der Waals surface area contributed by atoms with Crippen LogP contribution in [0, 0.1) is 0 Å². The summed E-state index contributed by atoms with van der Waals surface area (Å²) in [6.45, 7) is 2.56. The van der Waals surface area contributed by atoms with Gasteiger partial charge < -0.3 is 15.5 Å². The van der Waals surface area contributed by atoms with Crippen LogP contribution >= 0.6 is 31.9 Å². The van der Waals surface area contributed by atoms with Gasteiger partial charge in [-0.25, -0.2) is 0 Å². The van der Waals surface area contributed by atoms with Crippen molar-refractivity contribution in [1.29, 1.82) is 0 Å². The fraction of sp³-hybridized carbons (Fsp3) is 0.333. The van der Waals surface area contributed by atoms with Gasteiger partial charge in [-0.3, -0.25) is 9.59 Å². The Morgan fingerprint density at radius 2 is 1.74 bits per heavy atom. The van der Waals surface area contributed by atoms with Crippen LogP contribution < -0.4 is 10.6 Å². The van der Waals surface area contributed by atoms with E-state index in [0.29, 0.717) is 18.8 Å². The predicted molar refractivity (Wildman–Crippen MR) is 79.9 cm³/mol. The van der Waals surface area contributed by atoms with Crippen LogP contribution in [0.1, 0.15) is 0 Å². The van der Waals surface area contributed by atoms with Crippen molar-refractivity contribution in [3.8, 4) is 0 Å². The van der Waals surface area contributed by atoms with Crippen molar-refractivity contribution >= 4 is 49.4 Å². The van der Waals surface area contributed by atoms with E-state index in [1.807, 2.05) is 6.07 Å². The van der Waals surface area contributed by atoms with E-state index in [9.17, 15) is 9.59 Å². The van der Waals surface area contributed by atoms with Gasteiger partial charge in [-0.15, -0.1) is 0 Å². The number of hydrogen-bond donors (Lipinski definition) is 2. The summed E-state index contributed by atoms with van der Waals surface area (Å²) in [6.07, 6.45) is 0. The molecule has 102 valence electrons. The Morgan fingerprint density at radius 1 is 1.16 bits per heavy atom. The SMILES string of the molecule is O=C(Nc1c(Br)cccc1Br)C(=O)N1CCNCC1. The number of nitrogens with zero attached hydrogens (tertiary/aromatic N) is 1. The third-order valence-corrected chi connectivity index (χ3v) is 4.12. The van der Waals surface area contributed by atoms with Gasteiger partial charge in [0.1, 0.15) is 0 Å². The van der Waals surface area contributed by atoms with Gasteiger partial charge in [0.05, 0.1) is 5.69 Å². The van der Waals surface area contributed by atoms with Crippen LogP contribution in [-0.4, -0.2) is 42.9 Å². The van der Waals surface area contributed by atoms with Gasteiger partial charge in [0.15, 0.2) is 0 Å². The number of anilines is 1. The van der Waals surface area contributed by atoms with Crippen LogP contribution in [0.25, 0.3) is 0 Å². The Balaban J connectivity index is 2.06. The maximum absolute atomic E-state index is 12.0. The van der Waals surface area contributed by atoms with E-state index in [1.54, 1.807) is 17.0 Å². The number of amides is 2. The summed E-state index contributed by atoms with van der Waals surface area (Å²) in [4.78, 5) is 25.5. The van der Waals surface area contributed by atoms with E-state index >= 15 is 0 Å². The van der Waals surface area contributed by atoms with E-state index < -0.39 is 11.8 Å². The lowest BCUT2D eigenvalue weighted by Crippen LogP contribution is -2.49. The molecule has 5 nitrogen and oxygen atoms in total. The first kappa shape index (κ1) is 14.5. The second-order valence-corrected chi connectivity index (χ2v) is 5.80. The standard InChI is InChI=1S/C12H13Br2N3O2/c13-8-2-1-3-9(14)10(8)16-11(18)12(19)17-6-4-15-5-7-17/h1-3,15H,4-7H2,(H,16,18). The van der Waals surface area contributed by atoms with Gasteiger partial charge in [0.25, 0.3) is 0 Å². The average molecular weight is 391 g/mol. The fourth-order valence-electron chi connectivity index (χ4n) is 1.80. The van der Waals surface area contributed by atoms with Gasteiger partial charge in [0.2, 0.25) is 0 Å². The molecule has 19 heavy (non-hydrogen) atoms. The number of rotatable bonds is 1. The molecule has 0 aromatic heterocycles. The zero-order chi connectivity index (χ0) is 13.8. The molecule has 7 heteroatoms. The molecule has 0 bridgehead atoms. The molecule has 0 unspecified atom stereocenters. The number of para-hydroxylation sites is 1. The number of carbonyl (C=O) groups excluding carboxylic acids is 2. The van der Waals surface area contributed by atoms with Gasteiger partial charge in [-0.1, -0.05) is 6.07 Å². The highest BCUT2D eigenvalue weighted by molar-refractivity contribution is 9.11. The monoisotopic (exact) mass is 389 g/mol. The predicted octanol–water partition coefficient (Wildman–Crippen LogP) is 1.58. The molecule has 1 aromatic rings. The fourth-order valence-corrected chi connectivity index (χ4v) is 2.99. The molecule has 1 aromatic carbocycles. The molecular formula is C12H13Br2N3O2. The lowest BCUT2D eigenvalue weighted by atomic mass is 10.3. The van der Waals surface area contributed by atoms with Crippen molar-refractivity contribution in [3.63, 3.8) is 0 Å². The molecule has 2 rings (SSSR count). The summed E-state index contributed by atoms with van der Waals surface area (Å²) in [5, 5.41) is 5.77. The van der Waals surface area contributed by atoms with E-state index in [2.05, 4.69) is 42.5 Å². The van der Waals surface area contributed by atoms with Gasteiger partial charge in [0, 0.05) is 35.1 Å². The summed E-state index contributed by atoms with van der Waals surface area (Å²) in [7, 11) is 0. The largest absolute Gasteiger partial charge is 0.332 e. The second kappa shape index (κ2) is 6.49. The maximum atomic E-state index is 12.0. The summed E-state index contributed by atoms with van der Waals surface area (Å²) < 4.78 is 1.45. The third kappa shape index (κ3) is 3.55. The molecule has 0 saturated carbocycles. The first-order valence-corrected chi connectivity index (χ1v) is 7.43. The zero-order valence-corrected chi connectivity index (χ0v) is 13.3. The quantitative estimate of drug-likeness (QED) is 0.715. The molecule has 0 spiro atoms. The second-order valence-electron chi connectivity index (χ2n) is 4.09. The van der Waals surface area contributed by atoms with Gasteiger partial charge in [-0.05, 0) is 44.0 Å². The summed E-state index contributed by atoms with van der Waals surface area (Å²) in [5.74, 6) is -1.11. The van der Waals surface area contributed by atoms with Crippen LogP contribution in [-0.2, 0) is 9.59 Å². The summed E-state index contributed by atoms with van der Waals surface area (Å²) >= 11 is 6.68. The highest BCUT2D eigenvalue weighted by Crippen LogP contribution is 2.30. The molecule has 1 fully saturated rings. The van der Waals surface area contributed by atoms with Gasteiger partial charge >= 0.3 is 11.8 Å². The van der Waals surface area contributed by atoms with Crippen LogP contribution in [0.4, 0.5) is 5.69 Å². The molecule has 0 aliphatic carbocycles. The first-order chi connectivity index (χ1) is 9.09. The molecule has 2 amide bonds. The smallest absolute Gasteiger partial charge is 0.313 e. The van der Waals surface area contributed by atoms with Crippen LogP contribution in [0.2, 0.25) is 0 Å². The molecule has 2 N–H and O–H groups in total. The Bertz CT molecular complexity index is 481. The van der Waals surface area contributed by atoms with Crippen molar-refractivity contribution < 1.29 is 9.59 Å². The van der Waals surface area contributed by atoms with Crippen molar-refractivity contribution in [1.82, 2.24) is 10.2 Å². The minimum absolute atomic E-state index is 0.496. The number of hydrogen-bond acceptors (Lipinski definition) is 3. The Kier molecular flexibility index (Phi) is 4.95. The van der Waals surface area contributed by atoms with E-state index in [4.69, 9.17) is 0 Å². The molecule has 1 aliphatic heterocycles. The molecule has 1 heterocycles. The lowest BCUT2D eigenvalue weighted by Gasteiger charge is -2.26. The zero-order valence-electron chi connectivity index (χ0n) is 10.1. The van der Waals surface area contributed by atoms with E-state index in [1.165, 1.54) is 0 Å². The van der Waals surface area contributed by atoms with Crippen molar-refractivity contribution in [2.75, 3.05) is 31.5 Å². The number of piperazine rings is 1. The van der Waals surface area contributed by atoms with Gasteiger partial charge in [-0.2, -0.15) is 0 Å². The lowest BCUT2D eigenvalue weighted by molar-refractivity contribution is -0.143. The highest BCUT2D eigenvalue weighted by Gasteiger charge is 2.24. The highest BCUT2D eigenvalue weighted by atomic mass is 79.9. The van der Waals surface area contributed by atoms with E-state index in [0.717, 1.165) is 22.0 Å². The number of benzene rings is 1. The van der Waals surface area contributed by atoms with E-state index in [-0.39, 0.29) is 0 Å². The Morgan fingerprint density at radius 3 is 2.32 bits per heavy atom. The average Bonchev–Trinajstić information content (AvgIpc) is 2.43. The summed E-state index contributed by atoms with van der Waals surface area (Å²) in [5.41, 5.74) is 0.566. The number of carbonyl (C=O) groups is 2. The molecule has 1 saturated heterocycles. The number of halogens is 2. The van der Waals surface area contributed by atoms with Crippen LogP contribution in [0.3, 0.4) is 0 Å².